The fourth-order valence-electron chi connectivity index (χ4n) is 2.26. The summed E-state index contributed by atoms with van der Waals surface area (Å²) in [5.74, 6) is 1.11. The van der Waals surface area contributed by atoms with Crippen molar-refractivity contribution >= 4 is 0 Å². The Kier molecular flexibility index (Phi) is 3.52. The zero-order valence-corrected chi connectivity index (χ0v) is 9.56. The van der Waals surface area contributed by atoms with Crippen LogP contribution in [0.25, 0.3) is 0 Å². The van der Waals surface area contributed by atoms with E-state index in [0.29, 0.717) is 12.6 Å². The van der Waals surface area contributed by atoms with Crippen molar-refractivity contribution in [2.75, 3.05) is 0 Å². The Bertz CT molecular complexity index is 378. The summed E-state index contributed by atoms with van der Waals surface area (Å²) < 4.78 is 2.02. The molecular formula is C11H17N5. The van der Waals surface area contributed by atoms with Crippen LogP contribution in [-0.4, -0.2) is 20.8 Å². The van der Waals surface area contributed by atoms with E-state index < -0.39 is 0 Å². The second kappa shape index (κ2) is 5.08. The summed E-state index contributed by atoms with van der Waals surface area (Å²) in [4.78, 5) is 0. The molecule has 5 nitrogen and oxygen atoms in total. The zero-order valence-electron chi connectivity index (χ0n) is 9.56. The number of aromatic nitrogens is 3. The molecular weight excluding hydrogens is 202 g/mol. The Morgan fingerprint density at radius 1 is 1.62 bits per heavy atom. The summed E-state index contributed by atoms with van der Waals surface area (Å²) in [5.41, 5.74) is 0. The maximum Gasteiger partial charge on any atom is 0.146 e. The van der Waals surface area contributed by atoms with Crippen molar-refractivity contribution in [2.45, 2.75) is 45.3 Å². The molecule has 0 amide bonds. The summed E-state index contributed by atoms with van der Waals surface area (Å²) in [5, 5.41) is 20.3. The van der Waals surface area contributed by atoms with Gasteiger partial charge in [0.05, 0.1) is 18.5 Å². The molecule has 1 saturated carbocycles. The number of nitrogens with zero attached hydrogens (tertiary/aromatic N) is 4. The monoisotopic (exact) mass is 219 g/mol. The molecule has 0 bridgehead atoms. The van der Waals surface area contributed by atoms with Gasteiger partial charge in [0.25, 0.3) is 0 Å². The normalized spacial score (nSPS) is 24.5. The van der Waals surface area contributed by atoms with Crippen LogP contribution in [0, 0.1) is 17.2 Å². The molecule has 2 unspecified atom stereocenters. The molecule has 0 aliphatic heterocycles. The SMILES string of the molecule is CCn1cnnc1CNC1CCCC1C#N. The van der Waals surface area contributed by atoms with Crippen LogP contribution < -0.4 is 5.32 Å². The van der Waals surface area contributed by atoms with Crippen molar-refractivity contribution in [3.8, 4) is 6.07 Å². The molecule has 1 N–H and O–H groups in total. The summed E-state index contributed by atoms with van der Waals surface area (Å²) >= 11 is 0. The fraction of sp³-hybridized carbons (Fsp3) is 0.727. The lowest BCUT2D eigenvalue weighted by atomic mass is 10.1. The molecule has 2 rings (SSSR count). The summed E-state index contributed by atoms with van der Waals surface area (Å²) in [6.45, 7) is 3.66. The molecule has 0 radical (unpaired) electrons. The standard InChI is InChI=1S/C11H17N5/c1-2-16-8-14-15-11(16)7-13-10-5-3-4-9(10)6-12/h8-10,13H,2-5,7H2,1H3. The third-order valence-corrected chi connectivity index (χ3v) is 3.24. The third-order valence-electron chi connectivity index (χ3n) is 3.24. The van der Waals surface area contributed by atoms with Crippen LogP contribution in [0.2, 0.25) is 0 Å². The Morgan fingerprint density at radius 3 is 3.25 bits per heavy atom. The number of hydrogen-bond acceptors (Lipinski definition) is 4. The minimum Gasteiger partial charge on any atom is -0.317 e. The second-order valence-electron chi connectivity index (χ2n) is 4.19. The largest absolute Gasteiger partial charge is 0.317 e. The van der Waals surface area contributed by atoms with Crippen LogP contribution in [-0.2, 0) is 13.1 Å². The van der Waals surface area contributed by atoms with Gasteiger partial charge in [-0.25, -0.2) is 0 Å². The maximum atomic E-state index is 8.97. The Morgan fingerprint density at radius 2 is 2.50 bits per heavy atom. The predicted octanol–water partition coefficient (Wildman–Crippen LogP) is 1.08. The minimum atomic E-state index is 0.165. The summed E-state index contributed by atoms with van der Waals surface area (Å²) in [6, 6.07) is 2.69. The van der Waals surface area contributed by atoms with Gasteiger partial charge in [0.15, 0.2) is 0 Å². The minimum absolute atomic E-state index is 0.165. The first-order chi connectivity index (χ1) is 7.85. The van der Waals surface area contributed by atoms with Crippen molar-refractivity contribution in [2.24, 2.45) is 5.92 Å². The van der Waals surface area contributed by atoms with E-state index >= 15 is 0 Å². The van der Waals surface area contributed by atoms with Crippen molar-refractivity contribution in [1.82, 2.24) is 20.1 Å². The van der Waals surface area contributed by atoms with Crippen LogP contribution >= 0.6 is 0 Å². The van der Waals surface area contributed by atoms with Gasteiger partial charge in [0.2, 0.25) is 0 Å². The van der Waals surface area contributed by atoms with Crippen LogP contribution in [0.4, 0.5) is 0 Å². The molecule has 0 saturated heterocycles. The molecule has 1 heterocycles. The highest BCUT2D eigenvalue weighted by Crippen LogP contribution is 2.24. The summed E-state index contributed by atoms with van der Waals surface area (Å²) in [7, 11) is 0. The summed E-state index contributed by atoms with van der Waals surface area (Å²) in [6.07, 6.45) is 5.01. The maximum absolute atomic E-state index is 8.97. The van der Waals surface area contributed by atoms with E-state index in [-0.39, 0.29) is 5.92 Å². The average Bonchev–Trinajstić information content (AvgIpc) is 2.94. The van der Waals surface area contributed by atoms with E-state index in [2.05, 4.69) is 28.5 Å². The van der Waals surface area contributed by atoms with Gasteiger partial charge in [-0.3, -0.25) is 0 Å². The first-order valence-electron chi connectivity index (χ1n) is 5.84. The molecule has 16 heavy (non-hydrogen) atoms. The fourth-order valence-corrected chi connectivity index (χ4v) is 2.26. The smallest absolute Gasteiger partial charge is 0.146 e. The number of nitrogens with one attached hydrogen (secondary N) is 1. The number of rotatable bonds is 4. The molecule has 1 aromatic rings. The number of nitriles is 1. The zero-order chi connectivity index (χ0) is 11.4. The third kappa shape index (κ3) is 2.22. The van der Waals surface area contributed by atoms with E-state index in [1.807, 2.05) is 4.57 Å². The predicted molar refractivity (Wildman–Crippen MR) is 59.3 cm³/mol. The Labute approximate surface area is 95.5 Å². The van der Waals surface area contributed by atoms with Gasteiger partial charge in [-0.05, 0) is 19.8 Å². The van der Waals surface area contributed by atoms with Crippen LogP contribution in [0.5, 0.6) is 0 Å². The van der Waals surface area contributed by atoms with E-state index in [1.54, 1.807) is 6.33 Å². The first kappa shape index (κ1) is 11.1. The lowest BCUT2D eigenvalue weighted by molar-refractivity contribution is 0.451. The van der Waals surface area contributed by atoms with Crippen LogP contribution in [0.15, 0.2) is 6.33 Å². The average molecular weight is 219 g/mol. The Balaban J connectivity index is 1.90. The van der Waals surface area contributed by atoms with Gasteiger partial charge < -0.3 is 9.88 Å². The molecule has 1 fully saturated rings. The molecule has 2 atom stereocenters. The Hall–Kier alpha value is -1.41. The lowest BCUT2D eigenvalue weighted by Crippen LogP contribution is -2.32. The topological polar surface area (TPSA) is 66.5 Å². The number of hydrogen-bond donors (Lipinski definition) is 1. The van der Waals surface area contributed by atoms with Gasteiger partial charge in [-0.15, -0.1) is 10.2 Å². The van der Waals surface area contributed by atoms with E-state index in [9.17, 15) is 0 Å². The van der Waals surface area contributed by atoms with Crippen LogP contribution in [0.1, 0.15) is 32.0 Å². The molecule has 86 valence electrons. The first-order valence-corrected chi connectivity index (χ1v) is 5.84. The highest BCUT2D eigenvalue weighted by atomic mass is 15.3. The van der Waals surface area contributed by atoms with Gasteiger partial charge in [-0.1, -0.05) is 6.42 Å². The van der Waals surface area contributed by atoms with E-state index in [4.69, 9.17) is 5.26 Å². The highest BCUT2D eigenvalue weighted by molar-refractivity contribution is 4.97. The molecule has 0 spiro atoms. The lowest BCUT2D eigenvalue weighted by Gasteiger charge is -2.15. The van der Waals surface area contributed by atoms with Gasteiger partial charge in [0.1, 0.15) is 12.2 Å². The molecule has 1 aliphatic rings. The molecule has 5 heteroatoms. The molecule has 1 aliphatic carbocycles. The van der Waals surface area contributed by atoms with Crippen molar-refractivity contribution < 1.29 is 0 Å². The van der Waals surface area contributed by atoms with Gasteiger partial charge >= 0.3 is 0 Å². The van der Waals surface area contributed by atoms with Crippen molar-refractivity contribution in [3.63, 3.8) is 0 Å². The van der Waals surface area contributed by atoms with Gasteiger partial charge in [-0.2, -0.15) is 5.26 Å². The molecule has 1 aromatic heterocycles. The molecule has 0 aromatic carbocycles. The van der Waals surface area contributed by atoms with E-state index in [1.165, 1.54) is 0 Å². The van der Waals surface area contributed by atoms with E-state index in [0.717, 1.165) is 31.6 Å². The van der Waals surface area contributed by atoms with Gasteiger partial charge in [0, 0.05) is 12.6 Å². The highest BCUT2D eigenvalue weighted by Gasteiger charge is 2.26. The van der Waals surface area contributed by atoms with Crippen molar-refractivity contribution in [3.05, 3.63) is 12.2 Å². The van der Waals surface area contributed by atoms with Crippen LogP contribution in [0.3, 0.4) is 0 Å². The number of aryl methyl sites for hydroxylation is 1. The second-order valence-corrected chi connectivity index (χ2v) is 4.19. The van der Waals surface area contributed by atoms with Crippen molar-refractivity contribution in [1.29, 1.82) is 5.26 Å². The quantitative estimate of drug-likeness (QED) is 0.823.